The Balaban J connectivity index is 1.58. The molecule has 1 heterocycles. The zero-order valence-electron chi connectivity index (χ0n) is 15.0. The molecule has 4 nitrogen and oxygen atoms in total. The first-order valence-electron chi connectivity index (χ1n) is 8.68. The van der Waals surface area contributed by atoms with Crippen molar-refractivity contribution in [2.75, 3.05) is 10.6 Å². The highest BCUT2D eigenvalue weighted by Gasteiger charge is 2.38. The minimum atomic E-state index is -0.569. The number of benzene rings is 2. The van der Waals surface area contributed by atoms with Gasteiger partial charge in [-0.1, -0.05) is 24.3 Å². The second-order valence-corrected chi connectivity index (χ2v) is 7.17. The average Bonchev–Trinajstić information content (AvgIpc) is 2.79. The number of rotatable bonds is 5. The number of hydrogen-bond donors (Lipinski definition) is 2. The molecule has 25 heavy (non-hydrogen) atoms. The number of aryl methyl sites for hydroxylation is 2. The summed E-state index contributed by atoms with van der Waals surface area (Å²) in [5.41, 5.74) is 4.48. The van der Waals surface area contributed by atoms with Crippen molar-refractivity contribution in [2.45, 2.75) is 45.4 Å². The lowest BCUT2D eigenvalue weighted by Gasteiger charge is -2.16. The zero-order valence-corrected chi connectivity index (χ0v) is 15.0. The van der Waals surface area contributed by atoms with E-state index in [0.717, 1.165) is 29.8 Å². The van der Waals surface area contributed by atoms with Crippen LogP contribution < -0.4 is 10.6 Å². The second-order valence-electron chi connectivity index (χ2n) is 7.17. The van der Waals surface area contributed by atoms with E-state index < -0.39 is 5.41 Å². The number of anilines is 2. The van der Waals surface area contributed by atoms with Crippen molar-refractivity contribution >= 4 is 23.2 Å². The largest absolute Gasteiger partial charge is 0.326 e. The first-order chi connectivity index (χ1) is 11.9. The summed E-state index contributed by atoms with van der Waals surface area (Å²) in [7, 11) is 0. The van der Waals surface area contributed by atoms with Gasteiger partial charge in [0.15, 0.2) is 0 Å². The average molecular weight is 336 g/mol. The third-order valence-electron chi connectivity index (χ3n) is 4.90. The molecule has 0 aromatic heterocycles. The van der Waals surface area contributed by atoms with Gasteiger partial charge in [0.25, 0.3) is 0 Å². The Morgan fingerprint density at radius 1 is 1.16 bits per heavy atom. The molecular formula is C21H24N2O2. The fourth-order valence-electron chi connectivity index (χ4n) is 3.20. The molecule has 0 bridgehead atoms. The van der Waals surface area contributed by atoms with Crippen LogP contribution in [0.3, 0.4) is 0 Å². The Hall–Kier alpha value is -2.62. The van der Waals surface area contributed by atoms with Gasteiger partial charge in [-0.2, -0.15) is 0 Å². The highest BCUT2D eigenvalue weighted by molar-refractivity contribution is 6.06. The van der Waals surface area contributed by atoms with Crippen molar-refractivity contribution in [2.24, 2.45) is 0 Å². The molecule has 0 saturated heterocycles. The third-order valence-corrected chi connectivity index (χ3v) is 4.90. The van der Waals surface area contributed by atoms with Crippen molar-refractivity contribution in [3.63, 3.8) is 0 Å². The van der Waals surface area contributed by atoms with Crippen LogP contribution in [0, 0.1) is 6.92 Å². The fourth-order valence-corrected chi connectivity index (χ4v) is 3.20. The first kappa shape index (κ1) is 17.2. The highest BCUT2D eigenvalue weighted by Crippen LogP contribution is 2.38. The molecule has 1 aliphatic heterocycles. The third kappa shape index (κ3) is 3.58. The van der Waals surface area contributed by atoms with Crippen LogP contribution in [0.4, 0.5) is 11.4 Å². The van der Waals surface area contributed by atoms with Crippen LogP contribution in [0.5, 0.6) is 0 Å². The number of fused-ring (bicyclic) bond motifs is 1. The van der Waals surface area contributed by atoms with E-state index in [1.54, 1.807) is 0 Å². The van der Waals surface area contributed by atoms with E-state index in [4.69, 9.17) is 0 Å². The predicted molar refractivity (Wildman–Crippen MR) is 101 cm³/mol. The van der Waals surface area contributed by atoms with E-state index in [2.05, 4.69) is 29.7 Å². The number of carbonyl (C=O) groups is 2. The molecule has 0 fully saturated rings. The van der Waals surface area contributed by atoms with E-state index in [9.17, 15) is 9.59 Å². The van der Waals surface area contributed by atoms with Crippen LogP contribution in [0.1, 0.15) is 43.4 Å². The lowest BCUT2D eigenvalue weighted by molar-refractivity contribution is -0.119. The molecule has 4 heteroatoms. The molecule has 0 unspecified atom stereocenters. The molecule has 2 N–H and O–H groups in total. The SMILES string of the molecule is Cc1ccccc1CCCC(=O)Nc1ccc2c(c1)C(C)(C)C(=O)N2. The standard InChI is InChI=1S/C21H24N2O2/c1-14-7-4-5-8-15(14)9-6-10-19(24)22-16-11-12-18-17(13-16)21(2,3)20(25)23-18/h4-5,7-8,11-13H,6,9-10H2,1-3H3,(H,22,24)(H,23,25). The minimum Gasteiger partial charge on any atom is -0.326 e. The highest BCUT2D eigenvalue weighted by atomic mass is 16.2. The van der Waals surface area contributed by atoms with Crippen LogP contribution in [-0.2, 0) is 21.4 Å². The predicted octanol–water partition coefficient (Wildman–Crippen LogP) is 4.19. The summed E-state index contributed by atoms with van der Waals surface area (Å²) in [4.78, 5) is 24.2. The van der Waals surface area contributed by atoms with E-state index in [0.29, 0.717) is 6.42 Å². The van der Waals surface area contributed by atoms with E-state index >= 15 is 0 Å². The summed E-state index contributed by atoms with van der Waals surface area (Å²) in [6, 6.07) is 13.8. The molecule has 3 rings (SSSR count). The Labute approximate surface area is 148 Å². The molecular weight excluding hydrogens is 312 g/mol. The van der Waals surface area contributed by atoms with Gasteiger partial charge in [-0.15, -0.1) is 0 Å². The van der Waals surface area contributed by atoms with Crippen LogP contribution in [0.15, 0.2) is 42.5 Å². The number of amides is 2. The molecule has 2 aromatic rings. The summed E-state index contributed by atoms with van der Waals surface area (Å²) >= 11 is 0. The van der Waals surface area contributed by atoms with E-state index in [-0.39, 0.29) is 11.8 Å². The molecule has 2 aromatic carbocycles. The summed E-state index contributed by atoms with van der Waals surface area (Å²) in [5.74, 6) is -0.00664. The van der Waals surface area contributed by atoms with Gasteiger partial charge in [0.05, 0.1) is 5.41 Å². The number of hydrogen-bond acceptors (Lipinski definition) is 2. The van der Waals surface area contributed by atoms with Gasteiger partial charge in [-0.3, -0.25) is 9.59 Å². The number of carbonyl (C=O) groups excluding carboxylic acids is 2. The lowest BCUT2D eigenvalue weighted by Crippen LogP contribution is -2.26. The fraction of sp³-hybridized carbons (Fsp3) is 0.333. The zero-order chi connectivity index (χ0) is 18.0. The first-order valence-corrected chi connectivity index (χ1v) is 8.68. The summed E-state index contributed by atoms with van der Waals surface area (Å²) < 4.78 is 0. The van der Waals surface area contributed by atoms with Crippen LogP contribution in [0.25, 0.3) is 0 Å². The van der Waals surface area contributed by atoms with Crippen molar-refractivity contribution < 1.29 is 9.59 Å². The van der Waals surface area contributed by atoms with Gasteiger partial charge in [0.2, 0.25) is 11.8 Å². The van der Waals surface area contributed by atoms with Crippen LogP contribution in [0.2, 0.25) is 0 Å². The summed E-state index contributed by atoms with van der Waals surface area (Å²) in [6.45, 7) is 5.88. The lowest BCUT2D eigenvalue weighted by atomic mass is 9.86. The summed E-state index contributed by atoms with van der Waals surface area (Å²) in [6.07, 6.45) is 2.19. The second kappa shape index (κ2) is 6.71. The molecule has 0 saturated carbocycles. The Kier molecular flexibility index (Phi) is 4.62. The van der Waals surface area contributed by atoms with E-state index in [1.807, 2.05) is 44.2 Å². The van der Waals surface area contributed by atoms with Gasteiger partial charge >= 0.3 is 0 Å². The van der Waals surface area contributed by atoms with Crippen molar-refractivity contribution in [3.8, 4) is 0 Å². The maximum absolute atomic E-state index is 12.2. The maximum Gasteiger partial charge on any atom is 0.234 e. The Bertz CT molecular complexity index is 824. The topological polar surface area (TPSA) is 58.2 Å². The smallest absolute Gasteiger partial charge is 0.234 e. The van der Waals surface area contributed by atoms with E-state index in [1.165, 1.54) is 11.1 Å². The van der Waals surface area contributed by atoms with Gasteiger partial charge in [0.1, 0.15) is 0 Å². The number of nitrogens with one attached hydrogen (secondary N) is 2. The minimum absolute atomic E-state index is 0.00335. The van der Waals surface area contributed by atoms with Crippen LogP contribution in [-0.4, -0.2) is 11.8 Å². The quantitative estimate of drug-likeness (QED) is 0.860. The van der Waals surface area contributed by atoms with Gasteiger partial charge in [0, 0.05) is 17.8 Å². The Morgan fingerprint density at radius 3 is 2.68 bits per heavy atom. The molecule has 1 aliphatic rings. The van der Waals surface area contributed by atoms with Gasteiger partial charge < -0.3 is 10.6 Å². The van der Waals surface area contributed by atoms with Gasteiger partial charge in [-0.25, -0.2) is 0 Å². The molecule has 0 aliphatic carbocycles. The summed E-state index contributed by atoms with van der Waals surface area (Å²) in [5, 5.41) is 5.82. The molecule has 2 amide bonds. The van der Waals surface area contributed by atoms with Crippen molar-refractivity contribution in [1.29, 1.82) is 0 Å². The van der Waals surface area contributed by atoms with Gasteiger partial charge in [-0.05, 0) is 68.5 Å². The molecule has 0 spiro atoms. The van der Waals surface area contributed by atoms with Crippen molar-refractivity contribution in [1.82, 2.24) is 0 Å². The van der Waals surface area contributed by atoms with Crippen LogP contribution >= 0.6 is 0 Å². The maximum atomic E-state index is 12.2. The molecule has 0 radical (unpaired) electrons. The molecule has 0 atom stereocenters. The Morgan fingerprint density at radius 2 is 1.92 bits per heavy atom. The normalized spacial score (nSPS) is 14.8. The molecule has 130 valence electrons. The van der Waals surface area contributed by atoms with Crippen molar-refractivity contribution in [3.05, 3.63) is 59.2 Å². The monoisotopic (exact) mass is 336 g/mol.